The number of amides is 1. The highest BCUT2D eigenvalue weighted by atomic mass is 16.5. The molecule has 0 atom stereocenters. The van der Waals surface area contributed by atoms with Crippen molar-refractivity contribution in [3.8, 4) is 5.75 Å². The lowest BCUT2D eigenvalue weighted by Crippen LogP contribution is -2.41. The molecule has 1 amide bonds. The summed E-state index contributed by atoms with van der Waals surface area (Å²) >= 11 is 0. The van der Waals surface area contributed by atoms with Gasteiger partial charge in [0.1, 0.15) is 11.6 Å². The minimum absolute atomic E-state index is 0.0759. The molecule has 0 spiro atoms. The highest BCUT2D eigenvalue weighted by Crippen LogP contribution is 2.22. The molecule has 0 saturated carbocycles. The predicted octanol–water partition coefficient (Wildman–Crippen LogP) is 2.54. The third-order valence-corrected chi connectivity index (χ3v) is 5.01. The maximum absolute atomic E-state index is 13.4. The Labute approximate surface area is 190 Å². The number of nitrogens with two attached hydrogens (primary N) is 1. The van der Waals surface area contributed by atoms with Crippen LogP contribution in [0.1, 0.15) is 42.6 Å². The zero-order valence-electron chi connectivity index (χ0n) is 18.5. The Morgan fingerprint density at radius 3 is 2.33 bits per heavy atom. The number of nitrogens with one attached hydrogen (secondary N) is 1. The van der Waals surface area contributed by atoms with Crippen molar-refractivity contribution in [2.24, 2.45) is 0 Å². The van der Waals surface area contributed by atoms with E-state index in [4.69, 9.17) is 10.5 Å². The van der Waals surface area contributed by atoms with Crippen LogP contribution < -0.4 is 26.6 Å². The van der Waals surface area contributed by atoms with Crippen LogP contribution >= 0.6 is 0 Å². The van der Waals surface area contributed by atoms with E-state index in [0.717, 1.165) is 12.0 Å². The van der Waals surface area contributed by atoms with Crippen molar-refractivity contribution in [2.45, 2.75) is 33.2 Å². The number of nitrogen functional groups attached to an aromatic ring is 1. The lowest BCUT2D eigenvalue weighted by atomic mass is 10.1. The van der Waals surface area contributed by atoms with Crippen LogP contribution in [0.2, 0.25) is 0 Å². The zero-order valence-corrected chi connectivity index (χ0v) is 18.5. The highest BCUT2D eigenvalue weighted by molar-refractivity contribution is 6.07. The molecule has 3 rings (SSSR count). The molecule has 9 nitrogen and oxygen atoms in total. The van der Waals surface area contributed by atoms with Crippen LogP contribution in [0, 0.1) is 0 Å². The van der Waals surface area contributed by atoms with E-state index in [9.17, 15) is 19.2 Å². The molecule has 0 saturated heterocycles. The number of rotatable bonds is 8. The molecule has 0 aliphatic carbocycles. The van der Waals surface area contributed by atoms with Gasteiger partial charge in [-0.2, -0.15) is 0 Å². The smallest absolute Gasteiger partial charge is 0.330 e. The second kappa shape index (κ2) is 10.4. The van der Waals surface area contributed by atoms with Gasteiger partial charge in [0.05, 0.1) is 6.54 Å². The fourth-order valence-electron chi connectivity index (χ4n) is 3.38. The second-order valence-corrected chi connectivity index (χ2v) is 7.49. The summed E-state index contributed by atoms with van der Waals surface area (Å²) in [5, 5.41) is 0. The summed E-state index contributed by atoms with van der Waals surface area (Å²) in [7, 11) is 0. The monoisotopic (exact) mass is 450 g/mol. The summed E-state index contributed by atoms with van der Waals surface area (Å²) in [6.07, 6.45) is 1.39. The van der Waals surface area contributed by atoms with Gasteiger partial charge >= 0.3 is 11.7 Å². The number of hydrogen-bond acceptors (Lipinski definition) is 6. The van der Waals surface area contributed by atoms with Crippen molar-refractivity contribution in [3.63, 3.8) is 0 Å². The van der Waals surface area contributed by atoms with Crippen molar-refractivity contribution < 1.29 is 14.3 Å². The maximum Gasteiger partial charge on any atom is 0.330 e. The van der Waals surface area contributed by atoms with Crippen LogP contribution in [-0.4, -0.2) is 28.0 Å². The fraction of sp³-hybridized carbons (Fsp3) is 0.250. The Bertz CT molecular complexity index is 1250. The van der Waals surface area contributed by atoms with E-state index in [2.05, 4.69) is 4.98 Å². The molecule has 172 valence electrons. The van der Waals surface area contributed by atoms with Crippen molar-refractivity contribution in [2.75, 3.05) is 17.2 Å². The van der Waals surface area contributed by atoms with Gasteiger partial charge < -0.3 is 15.4 Å². The molecular weight excluding hydrogens is 424 g/mol. The largest absolute Gasteiger partial charge is 0.427 e. The van der Waals surface area contributed by atoms with Gasteiger partial charge in [0, 0.05) is 19.0 Å². The van der Waals surface area contributed by atoms with E-state index in [-0.39, 0.29) is 30.2 Å². The molecule has 0 radical (unpaired) electrons. The Kier molecular flexibility index (Phi) is 7.45. The summed E-state index contributed by atoms with van der Waals surface area (Å²) in [6.45, 7) is 3.62. The quantitative estimate of drug-likeness (QED) is 0.401. The van der Waals surface area contributed by atoms with Gasteiger partial charge in [-0.25, -0.2) is 4.79 Å². The standard InChI is InChI=1S/C24H26N4O5/c1-3-4-14-27(23(31)18-10-12-19(13-11-18)33-16(2)29)20-21(25)28(24(32)26-22(20)30)15-17-8-6-5-7-9-17/h5-13H,3-4,14-15,25H2,1-2H3,(H,26,30,32). The number of ether oxygens (including phenoxy) is 1. The Morgan fingerprint density at radius 2 is 1.73 bits per heavy atom. The normalized spacial score (nSPS) is 10.6. The van der Waals surface area contributed by atoms with Crippen LogP contribution in [0.5, 0.6) is 5.75 Å². The van der Waals surface area contributed by atoms with E-state index in [1.54, 1.807) is 0 Å². The van der Waals surface area contributed by atoms with E-state index in [0.29, 0.717) is 12.2 Å². The van der Waals surface area contributed by atoms with Gasteiger partial charge in [0.25, 0.3) is 11.5 Å². The molecule has 0 aliphatic rings. The van der Waals surface area contributed by atoms with Gasteiger partial charge in [0.15, 0.2) is 5.69 Å². The first-order valence-electron chi connectivity index (χ1n) is 10.6. The van der Waals surface area contributed by atoms with Crippen LogP contribution in [0.15, 0.2) is 64.2 Å². The molecule has 3 N–H and O–H groups in total. The van der Waals surface area contributed by atoms with Crippen LogP contribution in [0.25, 0.3) is 0 Å². The van der Waals surface area contributed by atoms with Crippen molar-refractivity contribution >= 4 is 23.4 Å². The van der Waals surface area contributed by atoms with Crippen LogP contribution in [-0.2, 0) is 11.3 Å². The first-order chi connectivity index (χ1) is 15.8. The van der Waals surface area contributed by atoms with Gasteiger partial charge in [-0.1, -0.05) is 43.7 Å². The first kappa shape index (κ1) is 23.5. The van der Waals surface area contributed by atoms with Gasteiger partial charge in [0.2, 0.25) is 0 Å². The number of aromatic amines is 1. The topological polar surface area (TPSA) is 127 Å². The lowest BCUT2D eigenvalue weighted by molar-refractivity contribution is -0.131. The molecule has 3 aromatic rings. The maximum atomic E-state index is 13.4. The molecule has 9 heteroatoms. The van der Waals surface area contributed by atoms with E-state index in [1.807, 2.05) is 37.3 Å². The van der Waals surface area contributed by atoms with Gasteiger partial charge in [-0.15, -0.1) is 0 Å². The lowest BCUT2D eigenvalue weighted by Gasteiger charge is -2.24. The number of unbranched alkanes of at least 4 members (excludes halogenated alkanes) is 1. The Hall–Kier alpha value is -4.14. The van der Waals surface area contributed by atoms with Crippen molar-refractivity contribution in [1.29, 1.82) is 0 Å². The molecule has 0 bridgehead atoms. The second-order valence-electron chi connectivity index (χ2n) is 7.49. The van der Waals surface area contributed by atoms with Crippen molar-refractivity contribution in [1.82, 2.24) is 9.55 Å². The molecule has 0 fully saturated rings. The third-order valence-electron chi connectivity index (χ3n) is 5.01. The average molecular weight is 450 g/mol. The first-order valence-corrected chi connectivity index (χ1v) is 10.6. The van der Waals surface area contributed by atoms with Crippen LogP contribution in [0.3, 0.4) is 0 Å². The predicted molar refractivity (Wildman–Crippen MR) is 126 cm³/mol. The number of nitrogens with zero attached hydrogens (tertiary/aromatic N) is 2. The number of H-pyrrole nitrogens is 1. The highest BCUT2D eigenvalue weighted by Gasteiger charge is 2.25. The Morgan fingerprint density at radius 1 is 1.06 bits per heavy atom. The molecule has 2 aromatic carbocycles. The number of benzene rings is 2. The average Bonchev–Trinajstić information content (AvgIpc) is 2.79. The summed E-state index contributed by atoms with van der Waals surface area (Å²) < 4.78 is 6.24. The summed E-state index contributed by atoms with van der Waals surface area (Å²) in [6, 6.07) is 15.2. The van der Waals surface area contributed by atoms with E-state index in [1.165, 1.54) is 40.7 Å². The molecular formula is C24H26N4O5. The zero-order chi connectivity index (χ0) is 24.0. The number of aromatic nitrogens is 2. The molecule has 0 unspecified atom stereocenters. The Balaban J connectivity index is 2.03. The number of hydrogen-bond donors (Lipinski definition) is 2. The van der Waals surface area contributed by atoms with Crippen molar-refractivity contribution in [3.05, 3.63) is 86.6 Å². The van der Waals surface area contributed by atoms with E-state index < -0.39 is 23.1 Å². The minimum atomic E-state index is -0.734. The van der Waals surface area contributed by atoms with Crippen LogP contribution in [0.4, 0.5) is 11.5 Å². The van der Waals surface area contributed by atoms with Gasteiger partial charge in [-0.05, 0) is 36.2 Å². The molecule has 1 heterocycles. The molecule has 33 heavy (non-hydrogen) atoms. The molecule has 1 aromatic heterocycles. The van der Waals surface area contributed by atoms with Gasteiger partial charge in [-0.3, -0.25) is 23.9 Å². The number of esters is 1. The summed E-state index contributed by atoms with van der Waals surface area (Å²) in [5.74, 6) is -0.722. The SMILES string of the molecule is CCCCN(C(=O)c1ccc(OC(C)=O)cc1)c1c(N)n(Cc2ccccc2)c(=O)[nH]c1=O. The number of anilines is 2. The number of carbonyl (C=O) groups excluding carboxylic acids is 2. The summed E-state index contributed by atoms with van der Waals surface area (Å²) in [4.78, 5) is 53.4. The fourth-order valence-corrected chi connectivity index (χ4v) is 3.38. The molecule has 0 aliphatic heterocycles. The summed E-state index contributed by atoms with van der Waals surface area (Å²) in [5.41, 5.74) is 5.92. The minimum Gasteiger partial charge on any atom is -0.427 e. The number of carbonyl (C=O) groups is 2. The van der Waals surface area contributed by atoms with E-state index >= 15 is 0 Å². The third kappa shape index (κ3) is 5.57.